The van der Waals surface area contributed by atoms with Crippen molar-refractivity contribution >= 4 is 8.03 Å². The average Bonchev–Trinajstić information content (AvgIpc) is 1.80. The van der Waals surface area contributed by atoms with Crippen molar-refractivity contribution in [3.05, 3.63) is 12.2 Å². The van der Waals surface area contributed by atoms with Crippen molar-refractivity contribution in [1.82, 2.24) is 0 Å². The van der Waals surface area contributed by atoms with E-state index in [0.717, 1.165) is 12.8 Å². The first-order valence-corrected chi connectivity index (χ1v) is 4.45. The highest BCUT2D eigenvalue weighted by Crippen LogP contribution is 2.11. The highest BCUT2D eigenvalue weighted by atomic mass is 31.1. The Labute approximate surface area is 56.5 Å². The van der Waals surface area contributed by atoms with Crippen LogP contribution < -0.4 is 0 Å². The maximum atomic E-state index is 10.1. The van der Waals surface area contributed by atoms with Gasteiger partial charge in [0, 0.05) is 0 Å². The summed E-state index contributed by atoms with van der Waals surface area (Å²) in [6.45, 7) is 2.07. The Balaban J connectivity index is 3.14. The lowest BCUT2D eigenvalue weighted by molar-refractivity contribution is 0.506. The summed E-state index contributed by atoms with van der Waals surface area (Å²) >= 11 is 0. The van der Waals surface area contributed by atoms with Crippen LogP contribution in [-0.2, 0) is 4.57 Å². The molecule has 0 amide bonds. The normalized spacial score (nSPS) is 12.4. The Morgan fingerprint density at radius 3 is 2.67 bits per heavy atom. The molecule has 0 radical (unpaired) electrons. The molecule has 0 aromatic rings. The minimum Gasteiger partial charge on any atom is -0.160 e. The van der Waals surface area contributed by atoms with Gasteiger partial charge in [-0.2, -0.15) is 4.89 Å². The lowest BCUT2D eigenvalue weighted by atomic mass is 10.3. The summed E-state index contributed by atoms with van der Waals surface area (Å²) in [7, 11) is -1.95. The molecule has 0 rings (SSSR count). The van der Waals surface area contributed by atoms with Crippen LogP contribution in [0.15, 0.2) is 12.2 Å². The predicted molar refractivity (Wildman–Crippen MR) is 38.7 cm³/mol. The summed E-state index contributed by atoms with van der Waals surface area (Å²) in [4.78, 5) is 8.31. The van der Waals surface area contributed by atoms with Crippen molar-refractivity contribution in [3.63, 3.8) is 0 Å². The van der Waals surface area contributed by atoms with Gasteiger partial charge in [-0.05, 0) is 17.1 Å². The van der Waals surface area contributed by atoms with Crippen molar-refractivity contribution < 1.29 is 9.46 Å². The Bertz CT molecular complexity index is 110. The van der Waals surface area contributed by atoms with E-state index in [4.69, 9.17) is 4.89 Å². The third-order valence-electron chi connectivity index (χ3n) is 0.884. The fourth-order valence-electron chi connectivity index (χ4n) is 0.449. The molecule has 0 bridgehead atoms. The number of unbranched alkanes of at least 4 members (excludes halogenated alkanes) is 1. The first kappa shape index (κ1) is 8.80. The van der Waals surface area contributed by atoms with E-state index in [1.165, 1.54) is 0 Å². The van der Waals surface area contributed by atoms with E-state index < -0.39 is 8.03 Å². The second-order valence-electron chi connectivity index (χ2n) is 1.79. The molecule has 0 aromatic carbocycles. The van der Waals surface area contributed by atoms with E-state index in [1.54, 1.807) is 6.08 Å². The van der Waals surface area contributed by atoms with Gasteiger partial charge in [-0.25, -0.2) is 0 Å². The second-order valence-corrected chi connectivity index (χ2v) is 2.86. The van der Waals surface area contributed by atoms with Gasteiger partial charge in [0.25, 0.3) is 0 Å². The van der Waals surface area contributed by atoms with E-state index in [-0.39, 0.29) is 0 Å². The van der Waals surface area contributed by atoms with E-state index >= 15 is 0 Å². The van der Waals surface area contributed by atoms with Crippen LogP contribution in [0, 0.1) is 0 Å². The summed E-state index contributed by atoms with van der Waals surface area (Å²) in [5.74, 6) is 0. The van der Waals surface area contributed by atoms with E-state index in [0.29, 0.717) is 6.16 Å². The van der Waals surface area contributed by atoms with E-state index in [1.807, 2.05) is 6.08 Å². The van der Waals surface area contributed by atoms with Crippen molar-refractivity contribution in [1.29, 1.82) is 0 Å². The molecule has 0 spiro atoms. The molecular formula is C6H12O2P+. The zero-order valence-electron chi connectivity index (χ0n) is 5.58. The highest BCUT2D eigenvalue weighted by Gasteiger charge is 2.02. The van der Waals surface area contributed by atoms with Crippen LogP contribution in [0.2, 0.25) is 0 Å². The van der Waals surface area contributed by atoms with Crippen molar-refractivity contribution in [2.24, 2.45) is 0 Å². The topological polar surface area (TPSA) is 37.3 Å². The molecule has 1 atom stereocenters. The SMILES string of the molecule is CCC/C=C/C[P+](=O)O. The number of allylic oxidation sites excluding steroid dienone is 2. The quantitative estimate of drug-likeness (QED) is 0.488. The Morgan fingerprint density at radius 1 is 1.56 bits per heavy atom. The van der Waals surface area contributed by atoms with E-state index in [2.05, 4.69) is 6.92 Å². The van der Waals surface area contributed by atoms with Crippen molar-refractivity contribution in [2.45, 2.75) is 19.8 Å². The van der Waals surface area contributed by atoms with Crippen LogP contribution in [-0.4, -0.2) is 11.1 Å². The fraction of sp³-hybridized carbons (Fsp3) is 0.667. The average molecular weight is 147 g/mol. The molecule has 0 saturated heterocycles. The first-order valence-electron chi connectivity index (χ1n) is 3.06. The van der Waals surface area contributed by atoms with Crippen molar-refractivity contribution in [3.8, 4) is 0 Å². The second kappa shape index (κ2) is 5.93. The summed E-state index contributed by atoms with van der Waals surface area (Å²) in [6.07, 6.45) is 6.09. The number of rotatable bonds is 4. The molecule has 1 N–H and O–H groups in total. The molecule has 0 aliphatic carbocycles. The summed E-state index contributed by atoms with van der Waals surface area (Å²) in [6, 6.07) is 0. The lowest BCUT2D eigenvalue weighted by Gasteiger charge is -1.78. The van der Waals surface area contributed by atoms with Gasteiger partial charge in [0.2, 0.25) is 0 Å². The van der Waals surface area contributed by atoms with Crippen LogP contribution in [0.25, 0.3) is 0 Å². The van der Waals surface area contributed by atoms with Crippen molar-refractivity contribution in [2.75, 3.05) is 6.16 Å². The van der Waals surface area contributed by atoms with Crippen LogP contribution in [0.4, 0.5) is 0 Å². The van der Waals surface area contributed by atoms with Crippen LogP contribution in [0.3, 0.4) is 0 Å². The molecule has 1 unspecified atom stereocenters. The standard InChI is InChI=1S/C6H11O2P/c1-2-3-4-5-6-9(7)8/h4-5H,2-3,6H2,1H3/p+1/b5-4+. The predicted octanol–water partition coefficient (Wildman–Crippen LogP) is 2.08. The minimum atomic E-state index is -1.95. The molecule has 0 aliphatic rings. The molecule has 3 heteroatoms. The zero-order chi connectivity index (χ0) is 7.11. The Kier molecular flexibility index (Phi) is 5.80. The van der Waals surface area contributed by atoms with Crippen LogP contribution in [0.5, 0.6) is 0 Å². The third-order valence-corrected chi connectivity index (χ3v) is 1.41. The molecule has 0 saturated carbocycles. The third kappa shape index (κ3) is 7.80. The monoisotopic (exact) mass is 147 g/mol. The Hall–Kier alpha value is -0.200. The fourth-order valence-corrected chi connectivity index (χ4v) is 0.779. The molecule has 52 valence electrons. The van der Waals surface area contributed by atoms with Gasteiger partial charge in [0.1, 0.15) is 0 Å². The van der Waals surface area contributed by atoms with Gasteiger partial charge < -0.3 is 0 Å². The minimum absolute atomic E-state index is 0.301. The zero-order valence-corrected chi connectivity index (χ0v) is 6.47. The van der Waals surface area contributed by atoms with Gasteiger partial charge in [0.15, 0.2) is 6.16 Å². The van der Waals surface area contributed by atoms with Crippen LogP contribution in [0.1, 0.15) is 19.8 Å². The van der Waals surface area contributed by atoms with Gasteiger partial charge >= 0.3 is 8.03 Å². The molecule has 2 nitrogen and oxygen atoms in total. The molecule has 0 fully saturated rings. The van der Waals surface area contributed by atoms with E-state index in [9.17, 15) is 4.57 Å². The number of hydrogen-bond acceptors (Lipinski definition) is 1. The summed E-state index contributed by atoms with van der Waals surface area (Å²) < 4.78 is 10.1. The molecule has 0 aromatic heterocycles. The van der Waals surface area contributed by atoms with Gasteiger partial charge in [0.05, 0.1) is 0 Å². The summed E-state index contributed by atoms with van der Waals surface area (Å²) in [5.41, 5.74) is 0. The molecule has 9 heavy (non-hydrogen) atoms. The maximum Gasteiger partial charge on any atom is 0.509 e. The largest absolute Gasteiger partial charge is 0.509 e. The molecule has 0 aliphatic heterocycles. The number of hydrogen-bond donors (Lipinski definition) is 1. The smallest absolute Gasteiger partial charge is 0.160 e. The van der Waals surface area contributed by atoms with Crippen LogP contribution >= 0.6 is 8.03 Å². The Morgan fingerprint density at radius 2 is 2.22 bits per heavy atom. The van der Waals surface area contributed by atoms with Gasteiger partial charge in [-0.1, -0.05) is 19.4 Å². The maximum absolute atomic E-state index is 10.1. The first-order chi connectivity index (χ1) is 4.27. The lowest BCUT2D eigenvalue weighted by Crippen LogP contribution is -1.67. The molecule has 0 heterocycles. The van der Waals surface area contributed by atoms with Gasteiger partial charge in [-0.15, -0.1) is 0 Å². The summed E-state index contributed by atoms with van der Waals surface area (Å²) in [5, 5.41) is 0. The molecular weight excluding hydrogens is 135 g/mol. The highest BCUT2D eigenvalue weighted by molar-refractivity contribution is 7.38. The van der Waals surface area contributed by atoms with Gasteiger partial charge in [-0.3, -0.25) is 0 Å².